The van der Waals surface area contributed by atoms with Gasteiger partial charge >= 0.3 is 0 Å². The Hall–Kier alpha value is -1.13. The second kappa shape index (κ2) is 5.98. The summed E-state index contributed by atoms with van der Waals surface area (Å²) in [5, 5.41) is 0. The van der Waals surface area contributed by atoms with Gasteiger partial charge in [-0.2, -0.15) is 0 Å². The van der Waals surface area contributed by atoms with E-state index in [0.29, 0.717) is 0 Å². The molecule has 1 aliphatic rings. The third-order valence-corrected chi connectivity index (χ3v) is 3.47. The average molecular weight is 234 g/mol. The molecule has 3 N–H and O–H groups in total. The highest BCUT2D eigenvalue weighted by molar-refractivity contribution is 5.35. The second-order valence-electron chi connectivity index (χ2n) is 5.04. The molecule has 1 aliphatic carbocycles. The molecule has 0 spiro atoms. The van der Waals surface area contributed by atoms with Crippen molar-refractivity contribution in [3.63, 3.8) is 0 Å². The molecule has 1 aromatic heterocycles. The Morgan fingerprint density at radius 2 is 2.24 bits per heavy atom. The number of nitrogen functional groups attached to an aromatic ring is 1. The van der Waals surface area contributed by atoms with E-state index in [1.54, 1.807) is 6.20 Å². The first kappa shape index (κ1) is 12.3. The second-order valence-corrected chi connectivity index (χ2v) is 5.04. The van der Waals surface area contributed by atoms with Crippen LogP contribution in [-0.4, -0.2) is 23.5 Å². The zero-order valence-corrected chi connectivity index (χ0v) is 10.5. The van der Waals surface area contributed by atoms with Gasteiger partial charge in [-0.1, -0.05) is 12.8 Å². The Labute approximate surface area is 103 Å². The third-order valence-electron chi connectivity index (χ3n) is 3.47. The molecule has 4 heteroatoms. The number of hydrazine groups is 1. The summed E-state index contributed by atoms with van der Waals surface area (Å²) in [4.78, 5) is 6.51. The molecule has 0 unspecified atom stereocenters. The quantitative estimate of drug-likeness (QED) is 0.604. The van der Waals surface area contributed by atoms with Gasteiger partial charge in [-0.3, -0.25) is 0 Å². The highest BCUT2D eigenvalue weighted by Crippen LogP contribution is 2.25. The number of hydrogen-bond donors (Lipinski definition) is 2. The standard InChI is InChI=1S/C13H22N4/c1-17(9-11-4-2-3-5-11)10-12-6-7-15-13(8-12)16-14/h6-8,11H,2-5,9-10,14H2,1H3,(H,15,16). The molecule has 1 heterocycles. The van der Waals surface area contributed by atoms with E-state index >= 15 is 0 Å². The summed E-state index contributed by atoms with van der Waals surface area (Å²) in [7, 11) is 2.19. The fourth-order valence-corrected chi connectivity index (χ4v) is 2.66. The van der Waals surface area contributed by atoms with Gasteiger partial charge in [0, 0.05) is 19.3 Å². The number of aromatic nitrogens is 1. The Morgan fingerprint density at radius 3 is 2.94 bits per heavy atom. The van der Waals surface area contributed by atoms with Crippen LogP contribution in [0.1, 0.15) is 31.2 Å². The number of pyridine rings is 1. The lowest BCUT2D eigenvalue weighted by atomic mass is 10.1. The fraction of sp³-hybridized carbons (Fsp3) is 0.615. The minimum atomic E-state index is 0.733. The van der Waals surface area contributed by atoms with Crippen LogP contribution >= 0.6 is 0 Å². The maximum atomic E-state index is 5.36. The summed E-state index contributed by atoms with van der Waals surface area (Å²) in [6, 6.07) is 4.05. The first-order valence-electron chi connectivity index (χ1n) is 6.38. The maximum Gasteiger partial charge on any atom is 0.140 e. The van der Waals surface area contributed by atoms with Gasteiger partial charge in [0.2, 0.25) is 0 Å². The van der Waals surface area contributed by atoms with Gasteiger partial charge < -0.3 is 10.3 Å². The zero-order valence-electron chi connectivity index (χ0n) is 10.5. The van der Waals surface area contributed by atoms with Crippen molar-refractivity contribution in [1.82, 2.24) is 9.88 Å². The molecule has 0 aliphatic heterocycles. The van der Waals surface area contributed by atoms with Gasteiger partial charge in [0.1, 0.15) is 5.82 Å². The number of anilines is 1. The highest BCUT2D eigenvalue weighted by atomic mass is 15.2. The van der Waals surface area contributed by atoms with E-state index in [1.165, 1.54) is 37.8 Å². The van der Waals surface area contributed by atoms with Crippen LogP contribution < -0.4 is 11.3 Å². The summed E-state index contributed by atoms with van der Waals surface area (Å²) < 4.78 is 0. The van der Waals surface area contributed by atoms with E-state index in [4.69, 9.17) is 5.84 Å². The molecule has 0 radical (unpaired) electrons. The van der Waals surface area contributed by atoms with Crippen LogP contribution in [0.2, 0.25) is 0 Å². The highest BCUT2D eigenvalue weighted by Gasteiger charge is 2.16. The average Bonchev–Trinajstić information content (AvgIpc) is 2.82. The van der Waals surface area contributed by atoms with Gasteiger partial charge in [-0.05, 0) is 43.5 Å². The van der Waals surface area contributed by atoms with E-state index < -0.39 is 0 Å². The predicted octanol–water partition coefficient (Wildman–Crippen LogP) is 1.99. The van der Waals surface area contributed by atoms with Crippen LogP contribution in [0.3, 0.4) is 0 Å². The van der Waals surface area contributed by atoms with E-state index in [0.717, 1.165) is 18.3 Å². The molecule has 17 heavy (non-hydrogen) atoms. The number of nitrogens with zero attached hydrogens (tertiary/aromatic N) is 2. The molecule has 1 saturated carbocycles. The molecule has 0 atom stereocenters. The SMILES string of the molecule is CN(Cc1ccnc(NN)c1)CC1CCCC1. The number of rotatable bonds is 5. The van der Waals surface area contributed by atoms with Gasteiger partial charge in [0.05, 0.1) is 0 Å². The summed E-state index contributed by atoms with van der Waals surface area (Å²) >= 11 is 0. The van der Waals surface area contributed by atoms with Crippen molar-refractivity contribution in [2.75, 3.05) is 19.0 Å². The van der Waals surface area contributed by atoms with Crippen molar-refractivity contribution in [2.45, 2.75) is 32.2 Å². The summed E-state index contributed by atoms with van der Waals surface area (Å²) in [6.07, 6.45) is 7.42. The molecule has 94 valence electrons. The smallest absolute Gasteiger partial charge is 0.140 e. The summed E-state index contributed by atoms with van der Waals surface area (Å²) in [5.41, 5.74) is 3.84. The van der Waals surface area contributed by atoms with E-state index in [2.05, 4.69) is 22.4 Å². The van der Waals surface area contributed by atoms with Crippen LogP contribution in [-0.2, 0) is 6.54 Å². The normalized spacial score (nSPS) is 16.6. The van der Waals surface area contributed by atoms with Crippen LogP contribution in [0.25, 0.3) is 0 Å². The lowest BCUT2D eigenvalue weighted by Gasteiger charge is -2.20. The van der Waals surface area contributed by atoms with Gasteiger partial charge in [-0.25, -0.2) is 10.8 Å². The predicted molar refractivity (Wildman–Crippen MR) is 70.3 cm³/mol. The minimum absolute atomic E-state index is 0.733. The first-order valence-corrected chi connectivity index (χ1v) is 6.38. The lowest BCUT2D eigenvalue weighted by molar-refractivity contribution is 0.271. The van der Waals surface area contributed by atoms with Crippen molar-refractivity contribution < 1.29 is 0 Å². The van der Waals surface area contributed by atoms with Crippen LogP contribution in [0.4, 0.5) is 5.82 Å². The maximum absolute atomic E-state index is 5.36. The Balaban J connectivity index is 1.85. The molecule has 0 bridgehead atoms. The van der Waals surface area contributed by atoms with Crippen LogP contribution in [0.15, 0.2) is 18.3 Å². The molecular formula is C13H22N4. The molecule has 1 aromatic rings. The zero-order chi connectivity index (χ0) is 12.1. The molecular weight excluding hydrogens is 212 g/mol. The van der Waals surface area contributed by atoms with Crippen molar-refractivity contribution in [2.24, 2.45) is 11.8 Å². The number of nitrogens with one attached hydrogen (secondary N) is 1. The van der Waals surface area contributed by atoms with Gasteiger partial charge in [-0.15, -0.1) is 0 Å². The molecule has 1 fully saturated rings. The number of nitrogens with two attached hydrogens (primary N) is 1. The fourth-order valence-electron chi connectivity index (χ4n) is 2.66. The Morgan fingerprint density at radius 1 is 1.47 bits per heavy atom. The van der Waals surface area contributed by atoms with E-state index in [9.17, 15) is 0 Å². The Bertz CT molecular complexity index is 347. The number of hydrogen-bond acceptors (Lipinski definition) is 4. The monoisotopic (exact) mass is 234 g/mol. The van der Waals surface area contributed by atoms with Crippen molar-refractivity contribution in [3.05, 3.63) is 23.9 Å². The Kier molecular flexibility index (Phi) is 4.34. The van der Waals surface area contributed by atoms with E-state index in [1.807, 2.05) is 12.1 Å². The molecule has 0 saturated heterocycles. The topological polar surface area (TPSA) is 54.2 Å². The summed E-state index contributed by atoms with van der Waals surface area (Å²) in [6.45, 7) is 2.17. The van der Waals surface area contributed by atoms with Gasteiger partial charge in [0.25, 0.3) is 0 Å². The van der Waals surface area contributed by atoms with Crippen molar-refractivity contribution in [1.29, 1.82) is 0 Å². The van der Waals surface area contributed by atoms with Gasteiger partial charge in [0.15, 0.2) is 0 Å². The molecule has 0 amide bonds. The third kappa shape index (κ3) is 3.68. The molecule has 0 aromatic carbocycles. The minimum Gasteiger partial charge on any atom is -0.308 e. The molecule has 2 rings (SSSR count). The summed E-state index contributed by atoms with van der Waals surface area (Å²) in [5.74, 6) is 6.99. The van der Waals surface area contributed by atoms with E-state index in [-0.39, 0.29) is 0 Å². The molecule has 4 nitrogen and oxygen atoms in total. The van der Waals surface area contributed by atoms with Crippen molar-refractivity contribution >= 4 is 5.82 Å². The van der Waals surface area contributed by atoms with Crippen LogP contribution in [0, 0.1) is 5.92 Å². The van der Waals surface area contributed by atoms with Crippen LogP contribution in [0.5, 0.6) is 0 Å². The lowest BCUT2D eigenvalue weighted by Crippen LogP contribution is -2.24. The largest absolute Gasteiger partial charge is 0.308 e. The van der Waals surface area contributed by atoms with Crippen molar-refractivity contribution in [3.8, 4) is 0 Å². The first-order chi connectivity index (χ1) is 8.28.